The second-order valence-electron chi connectivity index (χ2n) is 3.97. The first-order valence-corrected chi connectivity index (χ1v) is 5.72. The standard InChI is InChI=1S/C13H16N2O/c1-2-16-13-6-4-3-5-11(13)12(9-14)15-10-7-8-10/h3-6,10,12,15H,2,7-8H2,1H3. The number of nitrogens with zero attached hydrogens (tertiary/aromatic N) is 1. The summed E-state index contributed by atoms with van der Waals surface area (Å²) in [5.41, 5.74) is 0.943. The molecule has 1 aromatic carbocycles. The monoisotopic (exact) mass is 216 g/mol. The first kappa shape index (κ1) is 11.0. The van der Waals surface area contributed by atoms with Gasteiger partial charge >= 0.3 is 0 Å². The van der Waals surface area contributed by atoms with Gasteiger partial charge in [0.25, 0.3) is 0 Å². The van der Waals surface area contributed by atoms with E-state index in [9.17, 15) is 5.26 Å². The van der Waals surface area contributed by atoms with Crippen LogP contribution in [0, 0.1) is 11.3 Å². The van der Waals surface area contributed by atoms with E-state index in [2.05, 4.69) is 11.4 Å². The summed E-state index contributed by atoms with van der Waals surface area (Å²) in [5.74, 6) is 0.810. The van der Waals surface area contributed by atoms with Crippen molar-refractivity contribution in [2.75, 3.05) is 6.61 Å². The van der Waals surface area contributed by atoms with Gasteiger partial charge in [-0.1, -0.05) is 18.2 Å². The first-order valence-electron chi connectivity index (χ1n) is 5.72. The summed E-state index contributed by atoms with van der Waals surface area (Å²) < 4.78 is 5.53. The summed E-state index contributed by atoms with van der Waals surface area (Å²) in [6.07, 6.45) is 2.35. The van der Waals surface area contributed by atoms with E-state index in [0.717, 1.165) is 11.3 Å². The number of nitriles is 1. The fraction of sp³-hybridized carbons (Fsp3) is 0.462. The summed E-state index contributed by atoms with van der Waals surface area (Å²) >= 11 is 0. The minimum Gasteiger partial charge on any atom is -0.493 e. The predicted octanol–water partition coefficient (Wildman–Crippen LogP) is 2.40. The Balaban J connectivity index is 2.18. The lowest BCUT2D eigenvalue weighted by molar-refractivity contribution is 0.334. The number of para-hydroxylation sites is 1. The number of nitrogens with one attached hydrogen (secondary N) is 1. The van der Waals surface area contributed by atoms with Gasteiger partial charge in [-0.15, -0.1) is 0 Å². The number of hydrogen-bond donors (Lipinski definition) is 1. The zero-order chi connectivity index (χ0) is 11.4. The van der Waals surface area contributed by atoms with Gasteiger partial charge in [0.2, 0.25) is 0 Å². The number of benzene rings is 1. The Labute approximate surface area is 96.0 Å². The van der Waals surface area contributed by atoms with Crippen LogP contribution in [0.3, 0.4) is 0 Å². The molecule has 1 saturated carbocycles. The van der Waals surface area contributed by atoms with Gasteiger partial charge in [-0.05, 0) is 25.8 Å². The van der Waals surface area contributed by atoms with E-state index in [4.69, 9.17) is 4.74 Å². The van der Waals surface area contributed by atoms with Gasteiger partial charge in [0.05, 0.1) is 12.7 Å². The van der Waals surface area contributed by atoms with Gasteiger partial charge in [0.1, 0.15) is 11.8 Å². The maximum atomic E-state index is 9.18. The summed E-state index contributed by atoms with van der Waals surface area (Å²) in [7, 11) is 0. The minimum atomic E-state index is -0.254. The van der Waals surface area contributed by atoms with Gasteiger partial charge in [-0.2, -0.15) is 5.26 Å². The largest absolute Gasteiger partial charge is 0.493 e. The van der Waals surface area contributed by atoms with Crippen LogP contribution in [0.4, 0.5) is 0 Å². The third-order valence-electron chi connectivity index (χ3n) is 2.64. The normalized spacial score (nSPS) is 16.5. The van der Waals surface area contributed by atoms with Crippen molar-refractivity contribution in [2.24, 2.45) is 0 Å². The van der Waals surface area contributed by atoms with E-state index in [1.807, 2.05) is 31.2 Å². The van der Waals surface area contributed by atoms with Gasteiger partial charge in [-0.3, -0.25) is 5.32 Å². The van der Waals surface area contributed by atoms with Crippen LogP contribution in [0.25, 0.3) is 0 Å². The molecule has 0 amide bonds. The van der Waals surface area contributed by atoms with E-state index in [1.165, 1.54) is 12.8 Å². The molecule has 0 spiro atoms. The molecule has 1 aliphatic carbocycles. The van der Waals surface area contributed by atoms with Crippen LogP contribution >= 0.6 is 0 Å². The topological polar surface area (TPSA) is 45.0 Å². The molecule has 2 rings (SSSR count). The molecule has 3 heteroatoms. The highest BCUT2D eigenvalue weighted by molar-refractivity contribution is 5.38. The molecule has 0 aromatic heterocycles. The summed E-state index contributed by atoms with van der Waals surface area (Å²) in [6, 6.07) is 10.3. The highest BCUT2D eigenvalue weighted by atomic mass is 16.5. The van der Waals surface area contributed by atoms with Crippen LogP contribution in [0.5, 0.6) is 5.75 Å². The highest BCUT2D eigenvalue weighted by Gasteiger charge is 2.26. The van der Waals surface area contributed by atoms with Gasteiger partial charge < -0.3 is 4.74 Å². The van der Waals surface area contributed by atoms with Crippen molar-refractivity contribution in [2.45, 2.75) is 31.8 Å². The Morgan fingerprint density at radius 1 is 1.50 bits per heavy atom. The summed E-state index contributed by atoms with van der Waals surface area (Å²) in [4.78, 5) is 0. The van der Waals surface area contributed by atoms with Crippen LogP contribution < -0.4 is 10.1 Å². The average molecular weight is 216 g/mol. The Hall–Kier alpha value is -1.53. The molecule has 1 atom stereocenters. The van der Waals surface area contributed by atoms with E-state index < -0.39 is 0 Å². The SMILES string of the molecule is CCOc1ccccc1C(C#N)NC1CC1. The zero-order valence-corrected chi connectivity index (χ0v) is 9.44. The van der Waals surface area contributed by atoms with Crippen molar-refractivity contribution < 1.29 is 4.74 Å². The third-order valence-corrected chi connectivity index (χ3v) is 2.64. The van der Waals surface area contributed by atoms with Crippen molar-refractivity contribution in [1.82, 2.24) is 5.32 Å². The van der Waals surface area contributed by atoms with E-state index in [0.29, 0.717) is 12.6 Å². The minimum absolute atomic E-state index is 0.254. The number of rotatable bonds is 5. The smallest absolute Gasteiger partial charge is 0.125 e. The second-order valence-corrected chi connectivity index (χ2v) is 3.97. The molecular formula is C13H16N2O. The Kier molecular flexibility index (Phi) is 3.43. The summed E-state index contributed by atoms with van der Waals surface area (Å²) in [6.45, 7) is 2.57. The molecule has 0 aliphatic heterocycles. The molecule has 3 nitrogen and oxygen atoms in total. The van der Waals surface area contributed by atoms with Crippen LogP contribution in [-0.2, 0) is 0 Å². The maximum absolute atomic E-state index is 9.18. The molecule has 1 fully saturated rings. The molecular weight excluding hydrogens is 200 g/mol. The average Bonchev–Trinajstić information content (AvgIpc) is 3.11. The molecule has 1 aromatic rings. The summed E-state index contributed by atoms with van der Waals surface area (Å²) in [5, 5.41) is 12.5. The van der Waals surface area contributed by atoms with Crippen molar-refractivity contribution >= 4 is 0 Å². The molecule has 0 heterocycles. The molecule has 84 valence electrons. The van der Waals surface area contributed by atoms with Crippen molar-refractivity contribution in [3.05, 3.63) is 29.8 Å². The second kappa shape index (κ2) is 5.00. The van der Waals surface area contributed by atoms with Gasteiger partial charge in [0, 0.05) is 11.6 Å². The lowest BCUT2D eigenvalue weighted by Gasteiger charge is -2.15. The first-order chi connectivity index (χ1) is 7.85. The lowest BCUT2D eigenvalue weighted by Crippen LogP contribution is -2.22. The lowest BCUT2D eigenvalue weighted by atomic mass is 10.1. The number of ether oxygens (including phenoxy) is 1. The van der Waals surface area contributed by atoms with E-state index in [1.54, 1.807) is 0 Å². The van der Waals surface area contributed by atoms with Gasteiger partial charge in [0.15, 0.2) is 0 Å². The Bertz CT molecular complexity index is 393. The third kappa shape index (κ3) is 2.53. The molecule has 0 bridgehead atoms. The van der Waals surface area contributed by atoms with Crippen LogP contribution in [0.2, 0.25) is 0 Å². The van der Waals surface area contributed by atoms with E-state index in [-0.39, 0.29) is 6.04 Å². The van der Waals surface area contributed by atoms with Gasteiger partial charge in [-0.25, -0.2) is 0 Å². The Morgan fingerprint density at radius 3 is 2.88 bits per heavy atom. The molecule has 16 heavy (non-hydrogen) atoms. The molecule has 0 saturated heterocycles. The molecule has 1 unspecified atom stereocenters. The molecule has 0 radical (unpaired) electrons. The van der Waals surface area contributed by atoms with Crippen molar-refractivity contribution in [3.63, 3.8) is 0 Å². The van der Waals surface area contributed by atoms with Crippen LogP contribution in [0.1, 0.15) is 31.4 Å². The predicted molar refractivity (Wildman–Crippen MR) is 62.1 cm³/mol. The number of hydrogen-bond acceptors (Lipinski definition) is 3. The van der Waals surface area contributed by atoms with Crippen LogP contribution in [-0.4, -0.2) is 12.6 Å². The maximum Gasteiger partial charge on any atom is 0.125 e. The fourth-order valence-electron chi connectivity index (χ4n) is 1.69. The van der Waals surface area contributed by atoms with Crippen molar-refractivity contribution in [1.29, 1.82) is 5.26 Å². The highest BCUT2D eigenvalue weighted by Crippen LogP contribution is 2.28. The zero-order valence-electron chi connectivity index (χ0n) is 9.44. The van der Waals surface area contributed by atoms with Crippen LogP contribution in [0.15, 0.2) is 24.3 Å². The Morgan fingerprint density at radius 2 is 2.25 bits per heavy atom. The van der Waals surface area contributed by atoms with E-state index >= 15 is 0 Å². The molecule has 1 aliphatic rings. The quantitative estimate of drug-likeness (QED) is 0.822. The molecule has 1 N–H and O–H groups in total. The van der Waals surface area contributed by atoms with Crippen molar-refractivity contribution in [3.8, 4) is 11.8 Å². The fourth-order valence-corrected chi connectivity index (χ4v) is 1.69.